The molecule has 0 saturated heterocycles. The number of hydrogen-bond donors (Lipinski definition) is 1. The van der Waals surface area contributed by atoms with Crippen LogP contribution in [0, 0.1) is 13.8 Å². The van der Waals surface area contributed by atoms with Gasteiger partial charge in [-0.2, -0.15) is 0 Å². The number of thiocarbonyl (C=S) groups is 1. The molecule has 0 fully saturated rings. The summed E-state index contributed by atoms with van der Waals surface area (Å²) in [5, 5.41) is 3.13. The highest BCUT2D eigenvalue weighted by Gasteiger charge is 2.14. The van der Waals surface area contributed by atoms with Gasteiger partial charge in [0.15, 0.2) is 0 Å². The van der Waals surface area contributed by atoms with Gasteiger partial charge < -0.3 is 19.5 Å². The number of benzene rings is 2. The Morgan fingerprint density at radius 2 is 1.73 bits per heavy atom. The van der Waals surface area contributed by atoms with Gasteiger partial charge in [0.05, 0.1) is 12.2 Å². The van der Waals surface area contributed by atoms with Crippen molar-refractivity contribution in [1.29, 1.82) is 0 Å². The number of aryl methyl sites for hydroxylation is 3. The van der Waals surface area contributed by atoms with Crippen molar-refractivity contribution >= 4 is 17.4 Å². The molecule has 2 aromatic carbocycles. The molecule has 0 heterocycles. The van der Waals surface area contributed by atoms with Crippen molar-refractivity contribution in [3.8, 4) is 17.2 Å². The molecule has 0 saturated carbocycles. The molecule has 0 unspecified atom stereocenters. The number of hydrogen-bond acceptors (Lipinski definition) is 4. The predicted molar refractivity (Wildman–Crippen MR) is 110 cm³/mol. The fourth-order valence-corrected chi connectivity index (χ4v) is 2.85. The molecule has 0 aromatic heterocycles. The average molecular weight is 374 g/mol. The molecule has 0 aliphatic rings. The maximum Gasteiger partial charge on any atom is 0.261 e. The van der Waals surface area contributed by atoms with Crippen molar-refractivity contribution in [1.82, 2.24) is 5.32 Å². The quantitative estimate of drug-likeness (QED) is 0.711. The van der Waals surface area contributed by atoms with Crippen LogP contribution in [-0.2, 0) is 13.0 Å². The molecule has 1 N–H and O–H groups in total. The third-order valence-electron chi connectivity index (χ3n) is 4.18. The lowest BCUT2D eigenvalue weighted by Crippen LogP contribution is -2.22. The van der Waals surface area contributed by atoms with Crippen molar-refractivity contribution in [2.45, 2.75) is 40.7 Å². The Morgan fingerprint density at radius 1 is 1.00 bits per heavy atom. The van der Waals surface area contributed by atoms with E-state index in [2.05, 4.69) is 38.2 Å². The van der Waals surface area contributed by atoms with Gasteiger partial charge >= 0.3 is 0 Å². The topological polar surface area (TPSA) is 39.7 Å². The van der Waals surface area contributed by atoms with Gasteiger partial charge in [0.1, 0.15) is 23.9 Å². The van der Waals surface area contributed by atoms with Gasteiger partial charge in [-0.05, 0) is 74.3 Å². The van der Waals surface area contributed by atoms with Crippen LogP contribution in [0.4, 0.5) is 0 Å². The van der Waals surface area contributed by atoms with E-state index in [1.54, 1.807) is 7.05 Å². The fraction of sp³-hybridized carbons (Fsp3) is 0.381. The Hall–Kier alpha value is -2.27. The fourth-order valence-electron chi connectivity index (χ4n) is 2.76. The predicted octanol–water partition coefficient (Wildman–Crippen LogP) is 4.73. The first-order valence-electron chi connectivity index (χ1n) is 8.87. The molecule has 2 aromatic rings. The van der Waals surface area contributed by atoms with Crippen molar-refractivity contribution in [3.05, 3.63) is 52.6 Å². The lowest BCUT2D eigenvalue weighted by Gasteiger charge is -2.18. The molecule has 140 valence electrons. The molecule has 2 rings (SSSR count). The van der Waals surface area contributed by atoms with E-state index in [1.807, 2.05) is 25.1 Å². The Morgan fingerprint density at radius 3 is 2.38 bits per heavy atom. The van der Waals surface area contributed by atoms with Gasteiger partial charge in [0.25, 0.3) is 5.17 Å². The molecule has 0 spiro atoms. The van der Waals surface area contributed by atoms with Gasteiger partial charge in [-0.15, -0.1) is 0 Å². The minimum atomic E-state index is 0.305. The monoisotopic (exact) mass is 373 g/mol. The van der Waals surface area contributed by atoms with Crippen LogP contribution in [0.2, 0.25) is 0 Å². The molecular weight excluding hydrogens is 346 g/mol. The van der Waals surface area contributed by atoms with Crippen molar-refractivity contribution in [2.24, 2.45) is 0 Å². The molecule has 0 aliphatic heterocycles. The molecule has 0 atom stereocenters. The van der Waals surface area contributed by atoms with E-state index < -0.39 is 0 Å². The standard InChI is InChI=1S/C21H27NO3S/c1-6-16-11-15(4)20(12-14(16)3)24-13-17-18(23-7-2)9-8-10-19(17)25-21(26)22-5/h8-12H,6-7,13H2,1-5H3,(H,22,26). The first-order valence-corrected chi connectivity index (χ1v) is 9.28. The Balaban J connectivity index is 2.30. The number of ether oxygens (including phenoxy) is 3. The van der Waals surface area contributed by atoms with Crippen molar-refractivity contribution in [3.63, 3.8) is 0 Å². The van der Waals surface area contributed by atoms with Gasteiger partial charge in [0.2, 0.25) is 0 Å². The van der Waals surface area contributed by atoms with Crippen LogP contribution >= 0.6 is 12.2 Å². The van der Waals surface area contributed by atoms with Crippen LogP contribution in [0.3, 0.4) is 0 Å². The van der Waals surface area contributed by atoms with E-state index in [-0.39, 0.29) is 0 Å². The van der Waals surface area contributed by atoms with Crippen LogP contribution in [0.15, 0.2) is 30.3 Å². The summed E-state index contributed by atoms with van der Waals surface area (Å²) in [5.41, 5.74) is 4.53. The maximum absolute atomic E-state index is 6.12. The normalized spacial score (nSPS) is 10.3. The maximum atomic E-state index is 6.12. The summed E-state index contributed by atoms with van der Waals surface area (Å²) >= 11 is 5.13. The van der Waals surface area contributed by atoms with Gasteiger partial charge in [0, 0.05) is 7.05 Å². The summed E-state index contributed by atoms with van der Waals surface area (Å²) in [7, 11) is 1.73. The Kier molecular flexibility index (Phi) is 7.27. The Labute approximate surface area is 161 Å². The molecular formula is C21H27NO3S. The van der Waals surface area contributed by atoms with Crippen molar-refractivity contribution in [2.75, 3.05) is 13.7 Å². The second-order valence-electron chi connectivity index (χ2n) is 5.99. The van der Waals surface area contributed by atoms with Crippen LogP contribution in [0.25, 0.3) is 0 Å². The molecule has 0 bridgehead atoms. The molecule has 5 heteroatoms. The van der Waals surface area contributed by atoms with Crippen LogP contribution in [-0.4, -0.2) is 18.8 Å². The first-order chi connectivity index (χ1) is 12.5. The lowest BCUT2D eigenvalue weighted by atomic mass is 10.0. The van der Waals surface area contributed by atoms with E-state index in [0.29, 0.717) is 24.1 Å². The van der Waals surface area contributed by atoms with Gasteiger partial charge in [-0.3, -0.25) is 0 Å². The second-order valence-corrected chi connectivity index (χ2v) is 6.36. The summed E-state index contributed by atoms with van der Waals surface area (Å²) < 4.78 is 17.6. The zero-order valence-electron chi connectivity index (χ0n) is 16.1. The molecule has 0 radical (unpaired) electrons. The van der Waals surface area contributed by atoms with Crippen molar-refractivity contribution < 1.29 is 14.2 Å². The summed E-state index contributed by atoms with van der Waals surface area (Å²) in [6.07, 6.45) is 1.01. The number of nitrogens with one attached hydrogen (secondary N) is 1. The van der Waals surface area contributed by atoms with Gasteiger partial charge in [-0.1, -0.05) is 19.1 Å². The highest BCUT2D eigenvalue weighted by Crippen LogP contribution is 2.31. The average Bonchev–Trinajstić information content (AvgIpc) is 2.63. The van der Waals surface area contributed by atoms with E-state index in [9.17, 15) is 0 Å². The largest absolute Gasteiger partial charge is 0.493 e. The number of rotatable bonds is 7. The lowest BCUT2D eigenvalue weighted by molar-refractivity contribution is 0.280. The minimum Gasteiger partial charge on any atom is -0.493 e. The third kappa shape index (κ3) is 4.88. The molecule has 0 aliphatic carbocycles. The first kappa shape index (κ1) is 20.0. The van der Waals surface area contributed by atoms with E-state index in [0.717, 1.165) is 29.0 Å². The highest BCUT2D eigenvalue weighted by atomic mass is 32.1. The summed E-state index contributed by atoms with van der Waals surface area (Å²) in [6, 6.07) is 9.94. The SMILES string of the molecule is CCOc1cccc(OC(=S)NC)c1COc1cc(C)c(CC)cc1C. The Bertz CT molecular complexity index is 774. The molecule has 26 heavy (non-hydrogen) atoms. The zero-order valence-corrected chi connectivity index (χ0v) is 17.0. The summed E-state index contributed by atoms with van der Waals surface area (Å²) in [5.74, 6) is 2.24. The highest BCUT2D eigenvalue weighted by molar-refractivity contribution is 7.80. The minimum absolute atomic E-state index is 0.305. The smallest absolute Gasteiger partial charge is 0.261 e. The molecule has 4 nitrogen and oxygen atoms in total. The van der Waals surface area contributed by atoms with Crippen LogP contribution in [0.5, 0.6) is 17.2 Å². The molecule has 0 amide bonds. The third-order valence-corrected chi connectivity index (χ3v) is 4.47. The van der Waals surface area contributed by atoms with E-state index in [1.165, 1.54) is 11.1 Å². The van der Waals surface area contributed by atoms with E-state index >= 15 is 0 Å². The van der Waals surface area contributed by atoms with Gasteiger partial charge in [-0.25, -0.2) is 0 Å². The summed E-state index contributed by atoms with van der Waals surface area (Å²) in [4.78, 5) is 0. The van der Waals surface area contributed by atoms with E-state index in [4.69, 9.17) is 26.4 Å². The van der Waals surface area contributed by atoms with Crippen LogP contribution in [0.1, 0.15) is 36.1 Å². The van der Waals surface area contributed by atoms with Crippen LogP contribution < -0.4 is 19.5 Å². The second kappa shape index (κ2) is 9.43. The summed E-state index contributed by atoms with van der Waals surface area (Å²) in [6.45, 7) is 9.19. The zero-order chi connectivity index (χ0) is 19.1.